The Morgan fingerprint density at radius 1 is 1.56 bits per heavy atom. The Bertz CT molecular complexity index is 267. The van der Waals surface area contributed by atoms with Gasteiger partial charge in [0.05, 0.1) is 5.41 Å². The summed E-state index contributed by atoms with van der Waals surface area (Å²) in [5.41, 5.74) is 0.826. The first-order valence-electron chi connectivity index (χ1n) is 6.14. The summed E-state index contributed by atoms with van der Waals surface area (Å²) in [5.74, 6) is 0.269. The minimum atomic E-state index is -0.219. The van der Waals surface area contributed by atoms with Crippen LogP contribution in [0.25, 0.3) is 0 Å². The van der Waals surface area contributed by atoms with Crippen LogP contribution in [0, 0.1) is 5.41 Å². The molecule has 0 saturated carbocycles. The van der Waals surface area contributed by atoms with E-state index in [-0.39, 0.29) is 11.3 Å². The van der Waals surface area contributed by atoms with Crippen LogP contribution in [0.3, 0.4) is 0 Å². The maximum Gasteiger partial charge on any atom is 0.230 e. The largest absolute Gasteiger partial charge is 0.338 e. The number of hydrogen-bond acceptors (Lipinski definition) is 2. The molecule has 1 saturated heterocycles. The van der Waals surface area contributed by atoms with Gasteiger partial charge in [-0.3, -0.25) is 4.79 Å². The quantitative estimate of drug-likeness (QED) is 0.739. The highest BCUT2D eigenvalue weighted by Crippen LogP contribution is 2.28. The van der Waals surface area contributed by atoms with Crippen LogP contribution in [0.4, 0.5) is 0 Å². The third kappa shape index (κ3) is 3.08. The highest BCUT2D eigenvalue weighted by atomic mass is 16.2. The van der Waals surface area contributed by atoms with Crippen LogP contribution in [0.15, 0.2) is 12.2 Å². The zero-order chi connectivity index (χ0) is 12.2. The second kappa shape index (κ2) is 5.48. The monoisotopic (exact) mass is 224 g/mol. The lowest BCUT2D eigenvalue weighted by Gasteiger charge is -2.37. The van der Waals surface area contributed by atoms with Gasteiger partial charge in [-0.15, -0.1) is 0 Å². The van der Waals surface area contributed by atoms with E-state index in [1.807, 2.05) is 18.7 Å². The molecule has 16 heavy (non-hydrogen) atoms. The van der Waals surface area contributed by atoms with Crippen molar-refractivity contribution >= 4 is 5.91 Å². The fraction of sp³-hybridized carbons (Fsp3) is 0.769. The Morgan fingerprint density at radius 3 is 2.69 bits per heavy atom. The van der Waals surface area contributed by atoms with Crippen molar-refractivity contribution < 1.29 is 4.79 Å². The third-order valence-corrected chi connectivity index (χ3v) is 3.24. The smallest absolute Gasteiger partial charge is 0.230 e. The van der Waals surface area contributed by atoms with E-state index >= 15 is 0 Å². The van der Waals surface area contributed by atoms with E-state index in [1.165, 1.54) is 0 Å². The molecule has 92 valence electrons. The van der Waals surface area contributed by atoms with Gasteiger partial charge < -0.3 is 10.2 Å². The molecule has 0 spiro atoms. The van der Waals surface area contributed by atoms with Gasteiger partial charge in [-0.2, -0.15) is 0 Å². The second-order valence-electron chi connectivity index (χ2n) is 5.12. The topological polar surface area (TPSA) is 32.3 Å². The van der Waals surface area contributed by atoms with Gasteiger partial charge >= 0.3 is 0 Å². The average molecular weight is 224 g/mol. The van der Waals surface area contributed by atoms with E-state index in [1.54, 1.807) is 0 Å². The standard InChI is InChI=1S/C13H24N2O/c1-5-15(9-11(2)3)12(16)13(4)7-6-8-14-10-13/h14H,2,5-10H2,1,3-4H3. The minimum Gasteiger partial charge on any atom is -0.338 e. The van der Waals surface area contributed by atoms with Crippen LogP contribution < -0.4 is 5.32 Å². The lowest BCUT2D eigenvalue weighted by molar-refractivity contribution is -0.141. The van der Waals surface area contributed by atoms with Crippen molar-refractivity contribution in [3.8, 4) is 0 Å². The van der Waals surface area contributed by atoms with Crippen molar-refractivity contribution in [1.82, 2.24) is 10.2 Å². The molecule has 1 amide bonds. The SMILES string of the molecule is C=C(C)CN(CC)C(=O)C1(C)CCCNC1. The van der Waals surface area contributed by atoms with Crippen molar-refractivity contribution in [2.75, 3.05) is 26.2 Å². The van der Waals surface area contributed by atoms with E-state index in [9.17, 15) is 4.79 Å². The molecule has 3 nitrogen and oxygen atoms in total. The predicted molar refractivity (Wildman–Crippen MR) is 67.3 cm³/mol. The number of carbonyl (C=O) groups is 1. The molecule has 0 aromatic carbocycles. The average Bonchev–Trinajstić information content (AvgIpc) is 2.25. The van der Waals surface area contributed by atoms with Crippen LogP contribution in [0.2, 0.25) is 0 Å². The summed E-state index contributed by atoms with van der Waals surface area (Å²) in [6.07, 6.45) is 2.08. The lowest BCUT2D eigenvalue weighted by atomic mass is 9.81. The molecule has 1 fully saturated rings. The summed E-state index contributed by atoms with van der Waals surface area (Å²) in [6.45, 7) is 13.2. The normalized spacial score (nSPS) is 25.2. The van der Waals surface area contributed by atoms with E-state index in [0.29, 0.717) is 6.54 Å². The van der Waals surface area contributed by atoms with E-state index in [4.69, 9.17) is 0 Å². The summed E-state index contributed by atoms with van der Waals surface area (Å²) in [6, 6.07) is 0. The molecule has 0 bridgehead atoms. The van der Waals surface area contributed by atoms with Crippen molar-refractivity contribution in [1.29, 1.82) is 0 Å². The molecule has 3 heteroatoms. The molecular weight excluding hydrogens is 200 g/mol. The highest BCUT2D eigenvalue weighted by Gasteiger charge is 2.37. The minimum absolute atomic E-state index is 0.219. The molecule has 1 unspecified atom stereocenters. The number of likely N-dealkylation sites (N-methyl/N-ethyl adjacent to an activating group) is 1. The van der Waals surface area contributed by atoms with Crippen LogP contribution >= 0.6 is 0 Å². The molecule has 1 rings (SSSR count). The fourth-order valence-electron chi connectivity index (χ4n) is 2.27. The van der Waals surface area contributed by atoms with E-state index in [0.717, 1.165) is 38.0 Å². The van der Waals surface area contributed by atoms with Crippen LogP contribution in [0.5, 0.6) is 0 Å². The number of nitrogens with zero attached hydrogens (tertiary/aromatic N) is 1. The summed E-state index contributed by atoms with van der Waals surface area (Å²) in [4.78, 5) is 14.3. The number of carbonyl (C=O) groups excluding carboxylic acids is 1. The molecular formula is C13H24N2O. The number of rotatable bonds is 4. The van der Waals surface area contributed by atoms with Gasteiger partial charge in [0.2, 0.25) is 5.91 Å². The second-order valence-corrected chi connectivity index (χ2v) is 5.12. The van der Waals surface area contributed by atoms with Gasteiger partial charge in [-0.05, 0) is 40.2 Å². The zero-order valence-corrected chi connectivity index (χ0v) is 10.8. The number of piperidine rings is 1. The lowest BCUT2D eigenvalue weighted by Crippen LogP contribution is -2.50. The molecule has 1 atom stereocenters. The van der Waals surface area contributed by atoms with Gasteiger partial charge in [-0.25, -0.2) is 0 Å². The van der Waals surface area contributed by atoms with Gasteiger partial charge in [0.25, 0.3) is 0 Å². The van der Waals surface area contributed by atoms with Gasteiger partial charge in [0.15, 0.2) is 0 Å². The molecule has 1 aliphatic rings. The Labute approximate surface area is 98.9 Å². The molecule has 0 aliphatic carbocycles. The molecule has 0 aromatic rings. The molecule has 0 radical (unpaired) electrons. The van der Waals surface area contributed by atoms with Crippen molar-refractivity contribution in [3.05, 3.63) is 12.2 Å². The Kier molecular flexibility index (Phi) is 4.54. The van der Waals surface area contributed by atoms with Crippen LogP contribution in [-0.2, 0) is 4.79 Å². The summed E-state index contributed by atoms with van der Waals surface area (Å²) in [7, 11) is 0. The van der Waals surface area contributed by atoms with Crippen molar-refractivity contribution in [2.45, 2.75) is 33.6 Å². The Hall–Kier alpha value is -0.830. The van der Waals surface area contributed by atoms with E-state index in [2.05, 4.69) is 18.8 Å². The number of amides is 1. The number of hydrogen-bond donors (Lipinski definition) is 1. The molecule has 1 heterocycles. The van der Waals surface area contributed by atoms with Crippen LogP contribution in [0.1, 0.15) is 33.6 Å². The first-order valence-corrected chi connectivity index (χ1v) is 6.14. The van der Waals surface area contributed by atoms with Gasteiger partial charge in [-0.1, -0.05) is 12.2 Å². The zero-order valence-electron chi connectivity index (χ0n) is 10.8. The fourth-order valence-corrected chi connectivity index (χ4v) is 2.27. The molecule has 1 N–H and O–H groups in total. The van der Waals surface area contributed by atoms with Crippen LogP contribution in [-0.4, -0.2) is 37.0 Å². The molecule has 0 aromatic heterocycles. The Morgan fingerprint density at radius 2 is 2.25 bits per heavy atom. The Balaban J connectivity index is 2.68. The highest BCUT2D eigenvalue weighted by molar-refractivity contribution is 5.83. The first-order chi connectivity index (χ1) is 7.49. The predicted octanol–water partition coefficient (Wildman–Crippen LogP) is 1.80. The summed E-state index contributed by atoms with van der Waals surface area (Å²) >= 11 is 0. The maximum absolute atomic E-state index is 12.4. The number of nitrogens with one attached hydrogen (secondary N) is 1. The molecule has 1 aliphatic heterocycles. The van der Waals surface area contributed by atoms with Gasteiger partial charge in [0, 0.05) is 19.6 Å². The van der Waals surface area contributed by atoms with Crippen molar-refractivity contribution in [3.63, 3.8) is 0 Å². The van der Waals surface area contributed by atoms with E-state index < -0.39 is 0 Å². The third-order valence-electron chi connectivity index (χ3n) is 3.24. The maximum atomic E-state index is 12.4. The summed E-state index contributed by atoms with van der Waals surface area (Å²) in [5, 5.41) is 3.32. The van der Waals surface area contributed by atoms with Gasteiger partial charge in [0.1, 0.15) is 0 Å². The van der Waals surface area contributed by atoms with Crippen molar-refractivity contribution in [2.24, 2.45) is 5.41 Å². The summed E-state index contributed by atoms with van der Waals surface area (Å²) < 4.78 is 0. The first kappa shape index (κ1) is 13.2.